The molecule has 0 bridgehead atoms. The number of alkyl halides is 2. The largest absolute Gasteiger partial charge is 0.257 e. The van der Waals surface area contributed by atoms with Gasteiger partial charge in [0.05, 0.1) is 11.7 Å². The summed E-state index contributed by atoms with van der Waals surface area (Å²) in [5.41, 5.74) is 2.36. The van der Waals surface area contributed by atoms with Gasteiger partial charge in [0.2, 0.25) is 0 Å². The van der Waals surface area contributed by atoms with Crippen LogP contribution in [-0.4, -0.2) is 21.2 Å². The Morgan fingerprint density at radius 3 is 2.69 bits per heavy atom. The maximum absolute atomic E-state index is 12.3. The summed E-state index contributed by atoms with van der Waals surface area (Å²) in [6.45, 7) is 3.69. The van der Waals surface area contributed by atoms with E-state index in [-0.39, 0.29) is 6.54 Å². The van der Waals surface area contributed by atoms with E-state index < -0.39 is 6.43 Å². The zero-order valence-electron chi connectivity index (χ0n) is 9.19. The molecule has 0 amide bonds. The molecule has 0 saturated carbocycles. The predicted molar refractivity (Wildman–Crippen MR) is 57.6 cm³/mol. The van der Waals surface area contributed by atoms with Crippen LogP contribution in [0.5, 0.6) is 0 Å². The first-order chi connectivity index (χ1) is 7.58. The van der Waals surface area contributed by atoms with E-state index >= 15 is 0 Å². The third kappa shape index (κ3) is 2.03. The molecule has 0 unspecified atom stereocenters. The van der Waals surface area contributed by atoms with Crippen LogP contribution in [0.15, 0.2) is 18.5 Å². The summed E-state index contributed by atoms with van der Waals surface area (Å²) in [5.74, 6) is 0.326. The third-order valence-corrected chi connectivity index (χ3v) is 2.49. The minimum Gasteiger partial charge on any atom is -0.257 e. The lowest BCUT2D eigenvalue weighted by molar-refractivity contribution is 0.123. The van der Waals surface area contributed by atoms with Crippen LogP contribution in [0.1, 0.15) is 25.3 Å². The number of hydrogen-bond acceptors (Lipinski definition) is 2. The van der Waals surface area contributed by atoms with Gasteiger partial charge in [-0.05, 0) is 17.5 Å². The molecule has 16 heavy (non-hydrogen) atoms. The van der Waals surface area contributed by atoms with Gasteiger partial charge in [-0.15, -0.1) is 0 Å². The molecule has 0 N–H and O–H groups in total. The van der Waals surface area contributed by atoms with Crippen molar-refractivity contribution in [2.45, 2.75) is 32.7 Å². The van der Waals surface area contributed by atoms with E-state index in [9.17, 15) is 8.78 Å². The lowest BCUT2D eigenvalue weighted by Gasteiger charge is -2.06. The van der Waals surface area contributed by atoms with Gasteiger partial charge in [0, 0.05) is 6.20 Å². The maximum atomic E-state index is 12.3. The summed E-state index contributed by atoms with van der Waals surface area (Å²) in [5, 5.41) is 3.91. The molecular weight excluding hydrogens is 212 g/mol. The molecular formula is C11H13F2N3. The lowest BCUT2D eigenvalue weighted by atomic mass is 10.1. The van der Waals surface area contributed by atoms with E-state index in [1.54, 1.807) is 6.20 Å². The molecule has 0 atom stereocenters. The highest BCUT2D eigenvalue weighted by atomic mass is 19.3. The molecule has 3 nitrogen and oxygen atoms in total. The van der Waals surface area contributed by atoms with E-state index in [1.807, 2.05) is 19.9 Å². The zero-order valence-corrected chi connectivity index (χ0v) is 9.19. The minimum absolute atomic E-state index is 0.326. The number of fused-ring (bicyclic) bond motifs is 1. The first kappa shape index (κ1) is 11.0. The van der Waals surface area contributed by atoms with Gasteiger partial charge in [0.25, 0.3) is 6.43 Å². The summed E-state index contributed by atoms with van der Waals surface area (Å²) in [4.78, 5) is 4.20. The van der Waals surface area contributed by atoms with Gasteiger partial charge in [-0.2, -0.15) is 5.10 Å². The van der Waals surface area contributed by atoms with E-state index in [0.717, 1.165) is 5.56 Å². The fourth-order valence-electron chi connectivity index (χ4n) is 1.56. The van der Waals surface area contributed by atoms with E-state index in [0.29, 0.717) is 17.0 Å². The lowest BCUT2D eigenvalue weighted by Crippen LogP contribution is -2.07. The van der Waals surface area contributed by atoms with Crippen LogP contribution in [0.2, 0.25) is 0 Å². The van der Waals surface area contributed by atoms with Crippen LogP contribution >= 0.6 is 0 Å². The molecule has 86 valence electrons. The molecule has 0 aromatic carbocycles. The molecule has 0 saturated heterocycles. The molecule has 0 aliphatic heterocycles. The summed E-state index contributed by atoms with van der Waals surface area (Å²) in [6, 6.07) is 1.88. The topological polar surface area (TPSA) is 30.7 Å². The normalized spacial score (nSPS) is 11.9. The standard InChI is InChI=1S/C11H13F2N3/c1-7(2)8-3-10-9(14-4-8)5-15-16(10)6-11(12)13/h3-5,7,11H,6H2,1-2H3. The molecule has 0 spiro atoms. The Bertz CT molecular complexity index is 491. The van der Waals surface area contributed by atoms with Gasteiger partial charge < -0.3 is 0 Å². The van der Waals surface area contributed by atoms with Crippen molar-refractivity contribution in [1.29, 1.82) is 0 Å². The predicted octanol–water partition coefficient (Wildman–Crippen LogP) is 2.82. The second-order valence-corrected chi connectivity index (χ2v) is 4.05. The fourth-order valence-corrected chi connectivity index (χ4v) is 1.56. The van der Waals surface area contributed by atoms with Crippen LogP contribution in [0.3, 0.4) is 0 Å². The fraction of sp³-hybridized carbons (Fsp3) is 0.455. The van der Waals surface area contributed by atoms with Crippen LogP contribution in [0.25, 0.3) is 11.0 Å². The van der Waals surface area contributed by atoms with Crippen molar-refractivity contribution in [2.75, 3.05) is 0 Å². The maximum Gasteiger partial charge on any atom is 0.257 e. The number of pyridine rings is 1. The van der Waals surface area contributed by atoms with Gasteiger partial charge in [0.15, 0.2) is 0 Å². The van der Waals surface area contributed by atoms with Crippen molar-refractivity contribution in [3.8, 4) is 0 Å². The number of hydrogen-bond donors (Lipinski definition) is 0. The number of aromatic nitrogens is 3. The summed E-state index contributed by atoms with van der Waals surface area (Å²) >= 11 is 0. The zero-order chi connectivity index (χ0) is 11.7. The molecule has 2 aromatic heterocycles. The molecule has 2 heterocycles. The van der Waals surface area contributed by atoms with Crippen LogP contribution in [0, 0.1) is 0 Å². The van der Waals surface area contributed by atoms with Crippen molar-refractivity contribution in [1.82, 2.24) is 14.8 Å². The van der Waals surface area contributed by atoms with Crippen molar-refractivity contribution < 1.29 is 8.78 Å². The number of nitrogens with zero attached hydrogens (tertiary/aromatic N) is 3. The molecule has 2 rings (SSSR count). The van der Waals surface area contributed by atoms with E-state index in [4.69, 9.17) is 0 Å². The molecule has 2 aromatic rings. The quantitative estimate of drug-likeness (QED) is 0.804. The van der Waals surface area contributed by atoms with E-state index in [2.05, 4.69) is 10.1 Å². The Morgan fingerprint density at radius 2 is 2.06 bits per heavy atom. The smallest absolute Gasteiger partial charge is 0.257 e. The summed E-state index contributed by atoms with van der Waals surface area (Å²) in [7, 11) is 0. The molecule has 0 radical (unpaired) electrons. The highest BCUT2D eigenvalue weighted by Gasteiger charge is 2.10. The van der Waals surface area contributed by atoms with Crippen molar-refractivity contribution >= 4 is 11.0 Å². The number of halogens is 2. The van der Waals surface area contributed by atoms with Crippen LogP contribution in [0.4, 0.5) is 8.78 Å². The Hall–Kier alpha value is -1.52. The molecule has 0 aliphatic rings. The summed E-state index contributed by atoms with van der Waals surface area (Å²) in [6.07, 6.45) is 0.884. The van der Waals surface area contributed by atoms with Crippen LogP contribution in [-0.2, 0) is 6.54 Å². The van der Waals surface area contributed by atoms with Crippen molar-refractivity contribution in [3.63, 3.8) is 0 Å². The first-order valence-corrected chi connectivity index (χ1v) is 5.17. The van der Waals surface area contributed by atoms with Gasteiger partial charge in [-0.25, -0.2) is 8.78 Å². The second kappa shape index (κ2) is 4.15. The SMILES string of the molecule is CC(C)c1cnc2cnn(CC(F)F)c2c1. The Balaban J connectivity index is 2.47. The number of rotatable bonds is 3. The average Bonchev–Trinajstić information content (AvgIpc) is 2.60. The molecule has 0 fully saturated rings. The Kier molecular flexibility index (Phi) is 2.85. The first-order valence-electron chi connectivity index (χ1n) is 5.17. The van der Waals surface area contributed by atoms with Crippen molar-refractivity contribution in [2.24, 2.45) is 0 Å². The van der Waals surface area contributed by atoms with Gasteiger partial charge in [-0.1, -0.05) is 13.8 Å². The Morgan fingerprint density at radius 1 is 1.31 bits per heavy atom. The highest BCUT2D eigenvalue weighted by Crippen LogP contribution is 2.19. The second-order valence-electron chi connectivity index (χ2n) is 4.05. The van der Waals surface area contributed by atoms with Gasteiger partial charge in [0.1, 0.15) is 12.1 Å². The minimum atomic E-state index is -2.40. The summed E-state index contributed by atoms with van der Waals surface area (Å²) < 4.78 is 25.9. The average molecular weight is 225 g/mol. The van der Waals surface area contributed by atoms with Crippen molar-refractivity contribution in [3.05, 3.63) is 24.0 Å². The molecule has 5 heteroatoms. The van der Waals surface area contributed by atoms with Gasteiger partial charge in [-0.3, -0.25) is 9.67 Å². The third-order valence-electron chi connectivity index (χ3n) is 2.49. The van der Waals surface area contributed by atoms with E-state index in [1.165, 1.54) is 10.9 Å². The monoisotopic (exact) mass is 225 g/mol. The van der Waals surface area contributed by atoms with Crippen LogP contribution < -0.4 is 0 Å². The van der Waals surface area contributed by atoms with Gasteiger partial charge >= 0.3 is 0 Å². The molecule has 0 aliphatic carbocycles. The Labute approximate surface area is 92.1 Å². The highest BCUT2D eigenvalue weighted by molar-refractivity contribution is 5.74.